The second-order valence-electron chi connectivity index (χ2n) is 2.12. The molecule has 1 aromatic rings. The Morgan fingerprint density at radius 2 is 1.91 bits per heavy atom. The number of nitrogens with one attached hydrogen (secondary N) is 1. The number of benzene rings is 1. The van der Waals surface area contributed by atoms with Crippen molar-refractivity contribution in [2.45, 2.75) is 6.61 Å². The smallest absolute Gasteiger partial charge is 0.244 e. The van der Waals surface area contributed by atoms with Gasteiger partial charge in [0.2, 0.25) is 5.69 Å². The van der Waals surface area contributed by atoms with Gasteiger partial charge in [-0.1, -0.05) is 4.86 Å². The van der Waals surface area contributed by atoms with E-state index in [2.05, 4.69) is 0 Å². The van der Waals surface area contributed by atoms with Gasteiger partial charge in [0.1, 0.15) is 0 Å². The Morgan fingerprint density at radius 1 is 1.36 bits per heavy atom. The number of nitrogens with zero attached hydrogens (tertiary/aromatic N) is 1. The van der Waals surface area contributed by atoms with Gasteiger partial charge >= 0.3 is 0 Å². The Kier molecular flexibility index (Phi) is 2.18. The quantitative estimate of drug-likeness (QED) is 0.381. The first-order valence-electron chi connectivity index (χ1n) is 3.12. The van der Waals surface area contributed by atoms with Crippen molar-refractivity contribution in [1.82, 2.24) is 0 Å². The van der Waals surface area contributed by atoms with E-state index in [1.165, 1.54) is 12.1 Å². The van der Waals surface area contributed by atoms with Crippen molar-refractivity contribution in [1.29, 1.82) is 5.53 Å². The third kappa shape index (κ3) is 1.75. The van der Waals surface area contributed by atoms with Crippen LogP contribution in [0.15, 0.2) is 24.3 Å². The Hall–Kier alpha value is -1.42. The number of rotatable bonds is 2. The van der Waals surface area contributed by atoms with Crippen LogP contribution in [0.1, 0.15) is 5.56 Å². The summed E-state index contributed by atoms with van der Waals surface area (Å²) in [5.41, 5.74) is 7.66. The second kappa shape index (κ2) is 3.12. The summed E-state index contributed by atoms with van der Waals surface area (Å²) in [6.07, 6.45) is 0. The highest BCUT2D eigenvalue weighted by molar-refractivity contribution is 5.32. The van der Waals surface area contributed by atoms with E-state index < -0.39 is 0 Å². The van der Waals surface area contributed by atoms with E-state index in [0.29, 0.717) is 0 Å². The summed E-state index contributed by atoms with van der Waals surface area (Å²) in [6.45, 7) is -0.0445. The molecule has 2 N–H and O–H groups in total. The molecule has 0 unspecified atom stereocenters. The van der Waals surface area contributed by atoms with Crippen LogP contribution in [0.5, 0.6) is 0 Å². The molecule has 1 aromatic carbocycles. The van der Waals surface area contributed by atoms with Crippen LogP contribution in [0.3, 0.4) is 0 Å². The average Bonchev–Trinajstić information content (AvgIpc) is 2.05. The number of aliphatic hydroxyl groups excluding tert-OH is 1. The highest BCUT2D eigenvalue weighted by Gasteiger charge is 1.98. The predicted molar refractivity (Wildman–Crippen MR) is 38.4 cm³/mol. The predicted octanol–water partition coefficient (Wildman–Crippen LogP) is 1.35. The van der Waals surface area contributed by atoms with E-state index in [0.717, 1.165) is 5.56 Å². The molecule has 0 spiro atoms. The lowest BCUT2D eigenvalue weighted by Gasteiger charge is -1.97. The summed E-state index contributed by atoms with van der Waals surface area (Å²) in [6, 6.07) is 6.20. The van der Waals surface area contributed by atoms with Crippen LogP contribution in [-0.4, -0.2) is 9.97 Å². The van der Waals surface area contributed by atoms with Crippen molar-refractivity contribution in [2.75, 3.05) is 0 Å². The van der Waals surface area contributed by atoms with Gasteiger partial charge in [-0.3, -0.25) is 0 Å². The lowest BCUT2D eigenvalue weighted by atomic mass is 10.2. The molecule has 0 heterocycles. The summed E-state index contributed by atoms with van der Waals surface area (Å²) in [4.78, 5) is 0.0289. The lowest BCUT2D eigenvalue weighted by molar-refractivity contribution is -0.465. The molecule has 4 heteroatoms. The SMILES string of the molecule is N=[N+]([O-])c1ccc(CO)cc1. The van der Waals surface area contributed by atoms with Crippen LogP contribution >= 0.6 is 0 Å². The van der Waals surface area contributed by atoms with Gasteiger partial charge in [-0.15, -0.1) is 0 Å². The van der Waals surface area contributed by atoms with Crippen molar-refractivity contribution in [3.8, 4) is 0 Å². The Morgan fingerprint density at radius 3 is 2.27 bits per heavy atom. The van der Waals surface area contributed by atoms with E-state index in [-0.39, 0.29) is 17.2 Å². The van der Waals surface area contributed by atoms with Crippen molar-refractivity contribution >= 4 is 5.69 Å². The van der Waals surface area contributed by atoms with E-state index >= 15 is 0 Å². The van der Waals surface area contributed by atoms with E-state index in [4.69, 9.17) is 10.6 Å². The molecule has 0 saturated heterocycles. The van der Waals surface area contributed by atoms with E-state index in [1.54, 1.807) is 12.1 Å². The molecule has 0 fully saturated rings. The molecule has 0 atom stereocenters. The molecular weight excluding hydrogens is 144 g/mol. The Balaban J connectivity index is 2.91. The van der Waals surface area contributed by atoms with Crippen molar-refractivity contribution in [3.63, 3.8) is 0 Å². The normalized spacial score (nSPS) is 9.55. The first-order chi connectivity index (χ1) is 5.24. The van der Waals surface area contributed by atoms with Crippen LogP contribution in [0.2, 0.25) is 0 Å². The highest BCUT2D eigenvalue weighted by atomic mass is 16.5. The van der Waals surface area contributed by atoms with Gasteiger partial charge in [0.25, 0.3) is 0 Å². The number of hydrogen-bond acceptors (Lipinski definition) is 3. The minimum atomic E-state index is -0.0445. The summed E-state index contributed by atoms with van der Waals surface area (Å²) in [7, 11) is 0. The molecule has 0 aromatic heterocycles. The van der Waals surface area contributed by atoms with Crippen LogP contribution < -0.4 is 0 Å². The number of hydrogen-bond donors (Lipinski definition) is 2. The topological polar surface area (TPSA) is 70.2 Å². The zero-order valence-corrected chi connectivity index (χ0v) is 5.82. The van der Waals surface area contributed by atoms with Crippen LogP contribution in [0.4, 0.5) is 5.69 Å². The summed E-state index contributed by atoms with van der Waals surface area (Å²) < 4.78 is 0. The van der Waals surface area contributed by atoms with Gasteiger partial charge in [-0.05, 0) is 23.2 Å². The second-order valence-corrected chi connectivity index (χ2v) is 2.12. The summed E-state index contributed by atoms with van der Waals surface area (Å²) in [5, 5.41) is 19.0. The maximum Gasteiger partial charge on any atom is 0.244 e. The Labute approximate surface area is 63.8 Å². The zero-order chi connectivity index (χ0) is 8.27. The monoisotopic (exact) mass is 152 g/mol. The van der Waals surface area contributed by atoms with Gasteiger partial charge in [-0.25, -0.2) is 0 Å². The van der Waals surface area contributed by atoms with E-state index in [1.807, 2.05) is 0 Å². The van der Waals surface area contributed by atoms with Gasteiger partial charge < -0.3 is 10.3 Å². The lowest BCUT2D eigenvalue weighted by Crippen LogP contribution is -1.88. The molecule has 0 aliphatic heterocycles. The first kappa shape index (κ1) is 7.68. The van der Waals surface area contributed by atoms with E-state index in [9.17, 15) is 5.21 Å². The number of aliphatic hydroxyl groups is 1. The fraction of sp³-hybridized carbons (Fsp3) is 0.143. The molecule has 1 rings (SSSR count). The molecule has 0 amide bonds. The molecule has 0 aliphatic rings. The van der Waals surface area contributed by atoms with Crippen molar-refractivity contribution in [3.05, 3.63) is 35.0 Å². The van der Waals surface area contributed by atoms with Gasteiger partial charge in [0.15, 0.2) is 0 Å². The maximum atomic E-state index is 10.4. The van der Waals surface area contributed by atoms with Crippen molar-refractivity contribution in [2.24, 2.45) is 0 Å². The molecule has 11 heavy (non-hydrogen) atoms. The maximum absolute atomic E-state index is 10.4. The third-order valence-corrected chi connectivity index (χ3v) is 1.35. The molecule has 0 bridgehead atoms. The fourth-order valence-corrected chi connectivity index (χ4v) is 0.737. The third-order valence-electron chi connectivity index (χ3n) is 1.35. The van der Waals surface area contributed by atoms with Gasteiger partial charge in [0, 0.05) is 12.1 Å². The van der Waals surface area contributed by atoms with Crippen LogP contribution in [0.25, 0.3) is 0 Å². The minimum Gasteiger partial charge on any atom is -0.594 e. The molecule has 0 aliphatic carbocycles. The molecule has 0 saturated carbocycles. The average molecular weight is 152 g/mol. The van der Waals surface area contributed by atoms with Gasteiger partial charge in [0.05, 0.1) is 6.61 Å². The molecule has 4 nitrogen and oxygen atoms in total. The minimum absolute atomic E-state index is 0.0289. The molecule has 58 valence electrons. The standard InChI is InChI=1S/C7H8N2O2/c8-9(11)7-3-1-6(5-10)2-4-7/h1-4,8,10H,5H2. The first-order valence-corrected chi connectivity index (χ1v) is 3.12. The summed E-state index contributed by atoms with van der Waals surface area (Å²) in [5.74, 6) is 0. The molecular formula is C7H8N2O2. The van der Waals surface area contributed by atoms with Crippen molar-refractivity contribution < 1.29 is 9.97 Å². The highest BCUT2D eigenvalue weighted by Crippen LogP contribution is 2.11. The Bertz CT molecular complexity index is 256. The largest absolute Gasteiger partial charge is 0.594 e. The van der Waals surface area contributed by atoms with Crippen LogP contribution in [0, 0.1) is 10.7 Å². The molecule has 0 radical (unpaired) electrons. The van der Waals surface area contributed by atoms with Gasteiger partial charge in [-0.2, -0.15) is 0 Å². The van der Waals surface area contributed by atoms with Crippen LogP contribution in [-0.2, 0) is 6.61 Å². The fourth-order valence-electron chi connectivity index (χ4n) is 0.737. The summed E-state index contributed by atoms with van der Waals surface area (Å²) >= 11 is 0. The zero-order valence-electron chi connectivity index (χ0n) is 5.82.